The molecule has 168 valence electrons. The number of aliphatic carboxylic acids is 1. The largest absolute Gasteiger partial charge is 0.477 e. The van der Waals surface area contributed by atoms with Gasteiger partial charge in [0.1, 0.15) is 21.8 Å². The van der Waals surface area contributed by atoms with Crippen LogP contribution in [0.25, 0.3) is 0 Å². The Hall–Kier alpha value is -2.46. The van der Waals surface area contributed by atoms with E-state index in [1.54, 1.807) is 0 Å². The molecule has 2 amide bonds. The molecule has 2 aromatic heterocycles. The van der Waals surface area contributed by atoms with Crippen LogP contribution in [-0.4, -0.2) is 64.5 Å². The Morgan fingerprint density at radius 1 is 1.34 bits per heavy atom. The fourth-order valence-corrected chi connectivity index (χ4v) is 6.11. The van der Waals surface area contributed by atoms with Crippen molar-refractivity contribution in [2.45, 2.75) is 30.0 Å². The predicted octanol–water partition coefficient (Wildman–Crippen LogP) is 1.64. The number of nitrogens with zero attached hydrogens (tertiary/aromatic N) is 5. The van der Waals surface area contributed by atoms with Gasteiger partial charge >= 0.3 is 5.97 Å². The predicted molar refractivity (Wildman–Crippen MR) is 117 cm³/mol. The molecule has 0 aliphatic carbocycles. The lowest BCUT2D eigenvalue weighted by Crippen LogP contribution is -2.72. The van der Waals surface area contributed by atoms with Gasteiger partial charge in [-0.3, -0.25) is 14.5 Å². The van der Waals surface area contributed by atoms with E-state index in [-0.39, 0.29) is 26.0 Å². The SMILES string of the molecule is Nc1nc(/C(=N/O)C(=O)N[C@@H]2C(=O)N3C(C(=O)O)=C(Sc4nsnc4Cl)CC[C@H]23)c(Cl)s1. The van der Waals surface area contributed by atoms with Crippen LogP contribution in [-0.2, 0) is 14.4 Å². The number of carboxylic acid groups (broad SMARTS) is 1. The summed E-state index contributed by atoms with van der Waals surface area (Å²) in [6.07, 6.45) is 0.692. The summed E-state index contributed by atoms with van der Waals surface area (Å²) < 4.78 is 7.90. The monoisotopic (exact) mass is 535 g/mol. The lowest BCUT2D eigenvalue weighted by molar-refractivity contribution is -0.155. The summed E-state index contributed by atoms with van der Waals surface area (Å²) in [7, 11) is 0. The number of nitrogens with two attached hydrogens (primary N) is 1. The van der Waals surface area contributed by atoms with E-state index < -0.39 is 35.6 Å². The number of thiazole rings is 1. The molecule has 4 heterocycles. The van der Waals surface area contributed by atoms with Gasteiger partial charge in [-0.2, -0.15) is 8.75 Å². The van der Waals surface area contributed by atoms with Gasteiger partial charge in [0.2, 0.25) is 0 Å². The molecule has 0 aromatic carbocycles. The van der Waals surface area contributed by atoms with Gasteiger partial charge in [0, 0.05) is 4.91 Å². The maximum atomic E-state index is 12.8. The standard InChI is InChI=1S/C15H11Cl2N7O5S3/c16-9-12(23-32-22-9)30-4-2-1-3-5(13(26)24(3)8(4)14(27)28)19-11(25)7(21-29)6-10(17)31-15(18)20-6/h3,5,29H,1-2H2,(H2,18,20)(H,19,25)(H,27,28)/b21-7-/t3-,5+/m1/s1. The number of nitrogens with one attached hydrogen (secondary N) is 1. The number of carbonyl (C=O) groups is 3. The van der Waals surface area contributed by atoms with Crippen molar-refractivity contribution in [2.24, 2.45) is 5.16 Å². The minimum Gasteiger partial charge on any atom is -0.477 e. The number of allylic oxidation sites excluding steroid dienone is 1. The van der Waals surface area contributed by atoms with Crippen LogP contribution < -0.4 is 11.1 Å². The molecule has 0 saturated carbocycles. The first-order valence-corrected chi connectivity index (χ1v) is 11.7. The highest BCUT2D eigenvalue weighted by atomic mass is 35.5. The Kier molecular flexibility index (Phi) is 6.26. The summed E-state index contributed by atoms with van der Waals surface area (Å²) in [4.78, 5) is 42.7. The summed E-state index contributed by atoms with van der Waals surface area (Å²) >= 11 is 14.7. The quantitative estimate of drug-likeness (QED) is 0.183. The number of anilines is 1. The first-order chi connectivity index (χ1) is 15.2. The first-order valence-electron chi connectivity index (χ1n) is 8.63. The third kappa shape index (κ3) is 3.90. The smallest absolute Gasteiger partial charge is 0.353 e. The molecule has 0 spiro atoms. The highest BCUT2D eigenvalue weighted by molar-refractivity contribution is 8.03. The third-order valence-electron chi connectivity index (χ3n) is 4.66. The van der Waals surface area contributed by atoms with Crippen molar-refractivity contribution in [3.05, 3.63) is 25.8 Å². The number of halogens is 2. The van der Waals surface area contributed by atoms with Crippen LogP contribution in [0.1, 0.15) is 18.5 Å². The molecule has 4 rings (SSSR count). The number of thioether (sulfide) groups is 1. The molecule has 0 unspecified atom stereocenters. The van der Waals surface area contributed by atoms with Gasteiger partial charge in [0.25, 0.3) is 11.8 Å². The minimum atomic E-state index is -1.29. The van der Waals surface area contributed by atoms with E-state index in [1.807, 2.05) is 0 Å². The molecule has 32 heavy (non-hydrogen) atoms. The normalized spacial score (nSPS) is 20.8. The molecular weight excluding hydrogens is 525 g/mol. The number of carbonyl (C=O) groups excluding carboxylic acids is 2. The van der Waals surface area contributed by atoms with Crippen molar-refractivity contribution in [1.29, 1.82) is 0 Å². The molecule has 2 aliphatic rings. The van der Waals surface area contributed by atoms with Crippen LogP contribution in [0.3, 0.4) is 0 Å². The van der Waals surface area contributed by atoms with Crippen LogP contribution in [0.2, 0.25) is 9.49 Å². The van der Waals surface area contributed by atoms with Gasteiger partial charge in [-0.1, -0.05) is 51.5 Å². The molecular formula is C15H11Cl2N7O5S3. The van der Waals surface area contributed by atoms with Crippen LogP contribution >= 0.6 is 58.0 Å². The van der Waals surface area contributed by atoms with Crippen molar-refractivity contribution in [1.82, 2.24) is 23.9 Å². The molecule has 12 nitrogen and oxygen atoms in total. The molecule has 5 N–H and O–H groups in total. The Morgan fingerprint density at radius 2 is 2.09 bits per heavy atom. The van der Waals surface area contributed by atoms with E-state index in [2.05, 4.69) is 24.2 Å². The van der Waals surface area contributed by atoms with Crippen LogP contribution in [0.15, 0.2) is 20.8 Å². The number of hydrogen-bond acceptors (Lipinski definition) is 12. The number of β-lactam (4-membered cyclic amide) rings is 1. The lowest BCUT2D eigenvalue weighted by Gasteiger charge is -2.50. The fraction of sp³-hybridized carbons (Fsp3) is 0.267. The van der Waals surface area contributed by atoms with Crippen molar-refractivity contribution in [2.75, 3.05) is 5.73 Å². The Bertz CT molecular complexity index is 1200. The van der Waals surface area contributed by atoms with Gasteiger partial charge < -0.3 is 21.4 Å². The van der Waals surface area contributed by atoms with E-state index in [9.17, 15) is 24.7 Å². The fourth-order valence-electron chi connectivity index (χ4n) is 3.35. The zero-order valence-electron chi connectivity index (χ0n) is 15.5. The van der Waals surface area contributed by atoms with E-state index in [1.165, 1.54) is 0 Å². The van der Waals surface area contributed by atoms with Gasteiger partial charge in [0.05, 0.1) is 17.8 Å². The second-order valence-corrected chi connectivity index (χ2v) is 10.0. The van der Waals surface area contributed by atoms with Crippen molar-refractivity contribution >= 4 is 86.7 Å². The van der Waals surface area contributed by atoms with E-state index in [0.29, 0.717) is 22.8 Å². The number of aromatic nitrogens is 3. The molecule has 1 fully saturated rings. The maximum Gasteiger partial charge on any atom is 0.353 e. The van der Waals surface area contributed by atoms with Gasteiger partial charge in [-0.25, -0.2) is 9.78 Å². The number of hydrogen-bond donors (Lipinski definition) is 4. The summed E-state index contributed by atoms with van der Waals surface area (Å²) in [6, 6.07) is -1.61. The maximum absolute atomic E-state index is 12.8. The number of carboxylic acids is 1. The van der Waals surface area contributed by atoms with E-state index in [4.69, 9.17) is 28.9 Å². The summed E-state index contributed by atoms with van der Waals surface area (Å²) in [5.74, 6) is -2.82. The van der Waals surface area contributed by atoms with Crippen molar-refractivity contribution in [3.63, 3.8) is 0 Å². The number of nitrogen functional groups attached to an aromatic ring is 1. The molecule has 0 bridgehead atoms. The van der Waals surface area contributed by atoms with Crippen LogP contribution in [0.5, 0.6) is 0 Å². The zero-order valence-corrected chi connectivity index (χ0v) is 19.4. The summed E-state index contributed by atoms with van der Waals surface area (Å²) in [5, 5.41) is 24.9. The number of oxime groups is 1. The first kappa shape index (κ1) is 22.7. The molecule has 2 aromatic rings. The minimum absolute atomic E-state index is 0.0395. The molecule has 1 saturated heterocycles. The van der Waals surface area contributed by atoms with Gasteiger partial charge in [-0.15, -0.1) is 0 Å². The van der Waals surface area contributed by atoms with E-state index >= 15 is 0 Å². The molecule has 0 radical (unpaired) electrons. The molecule has 2 aliphatic heterocycles. The molecule has 17 heteroatoms. The Morgan fingerprint density at radius 3 is 2.66 bits per heavy atom. The highest BCUT2D eigenvalue weighted by Crippen LogP contribution is 2.44. The highest BCUT2D eigenvalue weighted by Gasteiger charge is 2.54. The third-order valence-corrected chi connectivity index (χ3v) is 7.99. The van der Waals surface area contributed by atoms with E-state index in [0.717, 1.165) is 39.7 Å². The second kappa shape index (κ2) is 8.82. The Labute approximate surface area is 201 Å². The number of amides is 2. The van der Waals surface area contributed by atoms with Crippen molar-refractivity contribution in [3.8, 4) is 0 Å². The van der Waals surface area contributed by atoms with Gasteiger partial charge in [-0.05, 0) is 12.8 Å². The van der Waals surface area contributed by atoms with Gasteiger partial charge in [0.15, 0.2) is 21.0 Å². The number of rotatable bonds is 6. The van der Waals surface area contributed by atoms with Crippen molar-refractivity contribution < 1.29 is 24.7 Å². The van der Waals surface area contributed by atoms with Crippen LogP contribution in [0.4, 0.5) is 5.13 Å². The van der Waals surface area contributed by atoms with Crippen LogP contribution in [0, 0.1) is 0 Å². The second-order valence-electron chi connectivity index (χ2n) is 6.43. The topological polar surface area (TPSA) is 184 Å². The lowest BCUT2D eigenvalue weighted by atomic mass is 9.86. The number of fused-ring (bicyclic) bond motifs is 1. The average molecular weight is 536 g/mol. The summed E-state index contributed by atoms with van der Waals surface area (Å²) in [6.45, 7) is 0. The molecule has 2 atom stereocenters. The Balaban J connectivity index is 1.54. The average Bonchev–Trinajstić information content (AvgIpc) is 3.30. The zero-order chi connectivity index (χ0) is 23.2. The summed E-state index contributed by atoms with van der Waals surface area (Å²) in [5.41, 5.74) is 4.71.